The lowest BCUT2D eigenvalue weighted by molar-refractivity contribution is 0.473. The van der Waals surface area contributed by atoms with Crippen molar-refractivity contribution in [3.8, 4) is 6.07 Å². The summed E-state index contributed by atoms with van der Waals surface area (Å²) in [5, 5.41) is 8.67. The van der Waals surface area contributed by atoms with Gasteiger partial charge in [0, 0.05) is 12.6 Å². The number of nitriles is 1. The quantitative estimate of drug-likeness (QED) is 0.700. The van der Waals surface area contributed by atoms with Crippen molar-refractivity contribution in [1.29, 1.82) is 5.26 Å². The lowest BCUT2D eigenvalue weighted by Gasteiger charge is -2.17. The van der Waals surface area contributed by atoms with Gasteiger partial charge < -0.3 is 0 Å². The van der Waals surface area contributed by atoms with Crippen molar-refractivity contribution in [2.75, 3.05) is 6.54 Å². The first-order valence-corrected chi connectivity index (χ1v) is 5.85. The van der Waals surface area contributed by atoms with Crippen LogP contribution in [0, 0.1) is 16.7 Å². The second-order valence-corrected chi connectivity index (χ2v) is 5.62. The number of nitrogens with one attached hydrogen (secondary N) is 2. The van der Waals surface area contributed by atoms with Gasteiger partial charge in [-0.2, -0.15) is 18.4 Å². The number of hydrogen-bond donors (Lipinski definition) is 2. The molecule has 0 aliphatic heterocycles. The molecule has 0 saturated heterocycles. The minimum absolute atomic E-state index is 0.103. The normalized spacial score (nSPS) is 12.9. The van der Waals surface area contributed by atoms with E-state index in [4.69, 9.17) is 5.26 Å². The molecular formula is C8H17N3O2S. The van der Waals surface area contributed by atoms with Crippen LogP contribution in [0.15, 0.2) is 0 Å². The van der Waals surface area contributed by atoms with Gasteiger partial charge in [0.25, 0.3) is 10.2 Å². The summed E-state index contributed by atoms with van der Waals surface area (Å²) in [5.74, 6) is 0. The van der Waals surface area contributed by atoms with Crippen LogP contribution in [0.3, 0.4) is 0 Å². The molecule has 0 heterocycles. The number of hydrogen-bond acceptors (Lipinski definition) is 3. The van der Waals surface area contributed by atoms with Crippen LogP contribution in [-0.2, 0) is 10.2 Å². The highest BCUT2D eigenvalue weighted by Crippen LogP contribution is 2.10. The minimum atomic E-state index is -3.48. The van der Waals surface area contributed by atoms with Crippen LogP contribution in [0.5, 0.6) is 0 Å². The van der Waals surface area contributed by atoms with Crippen molar-refractivity contribution in [3.05, 3.63) is 0 Å². The fourth-order valence-electron chi connectivity index (χ4n) is 0.667. The van der Waals surface area contributed by atoms with E-state index in [0.29, 0.717) is 0 Å². The second kappa shape index (κ2) is 4.73. The van der Waals surface area contributed by atoms with Gasteiger partial charge in [0.2, 0.25) is 0 Å². The highest BCUT2D eigenvalue weighted by molar-refractivity contribution is 7.87. The first-order valence-electron chi connectivity index (χ1n) is 4.37. The topological polar surface area (TPSA) is 82.0 Å². The highest BCUT2D eigenvalue weighted by atomic mass is 32.2. The van der Waals surface area contributed by atoms with Crippen molar-refractivity contribution in [2.45, 2.75) is 33.7 Å². The van der Waals surface area contributed by atoms with E-state index in [0.717, 1.165) is 0 Å². The molecule has 0 rings (SSSR count). The summed E-state index contributed by atoms with van der Waals surface area (Å²) in [4.78, 5) is 0. The summed E-state index contributed by atoms with van der Waals surface area (Å²) in [6.45, 7) is 6.91. The Labute approximate surface area is 85.7 Å². The van der Waals surface area contributed by atoms with Crippen LogP contribution in [0.1, 0.15) is 27.7 Å². The van der Waals surface area contributed by atoms with Gasteiger partial charge >= 0.3 is 0 Å². The average molecular weight is 219 g/mol. The standard InChI is InChI=1S/C8H17N3O2S/c1-7(2)11-14(12,13)10-6-8(3,4)5-9/h7,10-11H,6H2,1-4H3. The molecule has 0 unspecified atom stereocenters. The highest BCUT2D eigenvalue weighted by Gasteiger charge is 2.20. The Balaban J connectivity index is 4.22. The Morgan fingerprint density at radius 2 is 1.93 bits per heavy atom. The number of rotatable bonds is 5. The Morgan fingerprint density at radius 1 is 1.43 bits per heavy atom. The van der Waals surface area contributed by atoms with Gasteiger partial charge in [-0.15, -0.1) is 0 Å². The van der Waals surface area contributed by atoms with E-state index in [9.17, 15) is 8.42 Å². The zero-order chi connectivity index (χ0) is 11.4. The van der Waals surface area contributed by atoms with Crippen molar-refractivity contribution in [2.24, 2.45) is 5.41 Å². The second-order valence-electron chi connectivity index (χ2n) is 4.09. The van der Waals surface area contributed by atoms with Gasteiger partial charge in [0.1, 0.15) is 0 Å². The molecule has 6 heteroatoms. The molecule has 0 aromatic rings. The Morgan fingerprint density at radius 3 is 2.29 bits per heavy atom. The maximum Gasteiger partial charge on any atom is 0.277 e. The molecule has 0 amide bonds. The van der Waals surface area contributed by atoms with Crippen LogP contribution in [-0.4, -0.2) is 21.0 Å². The van der Waals surface area contributed by atoms with Gasteiger partial charge in [0.05, 0.1) is 11.5 Å². The smallest absolute Gasteiger partial charge is 0.201 e. The van der Waals surface area contributed by atoms with Crippen molar-refractivity contribution < 1.29 is 8.42 Å². The van der Waals surface area contributed by atoms with Crippen molar-refractivity contribution in [1.82, 2.24) is 9.44 Å². The van der Waals surface area contributed by atoms with Crippen molar-refractivity contribution >= 4 is 10.2 Å². The third-order valence-corrected chi connectivity index (χ3v) is 2.70. The zero-order valence-corrected chi connectivity index (χ0v) is 9.77. The van der Waals surface area contributed by atoms with Gasteiger partial charge in [0.15, 0.2) is 0 Å². The molecule has 0 radical (unpaired) electrons. The van der Waals surface area contributed by atoms with Gasteiger partial charge in [-0.05, 0) is 27.7 Å². The zero-order valence-electron chi connectivity index (χ0n) is 8.96. The predicted molar refractivity (Wildman–Crippen MR) is 54.6 cm³/mol. The maximum absolute atomic E-state index is 11.3. The average Bonchev–Trinajstić information content (AvgIpc) is 1.99. The molecule has 5 nitrogen and oxygen atoms in total. The largest absolute Gasteiger partial charge is 0.277 e. The summed E-state index contributed by atoms with van der Waals surface area (Å²) in [6.07, 6.45) is 0. The molecule has 0 aliphatic rings. The van der Waals surface area contributed by atoms with Crippen LogP contribution in [0.25, 0.3) is 0 Å². The molecule has 0 aliphatic carbocycles. The van der Waals surface area contributed by atoms with Crippen molar-refractivity contribution in [3.63, 3.8) is 0 Å². The van der Waals surface area contributed by atoms with E-state index in [2.05, 4.69) is 9.44 Å². The van der Waals surface area contributed by atoms with E-state index in [1.54, 1.807) is 27.7 Å². The molecular weight excluding hydrogens is 202 g/mol. The van der Waals surface area contributed by atoms with Gasteiger partial charge in [-0.3, -0.25) is 0 Å². The summed E-state index contributed by atoms with van der Waals surface area (Å²) in [7, 11) is -3.48. The van der Waals surface area contributed by atoms with Crippen LogP contribution in [0.2, 0.25) is 0 Å². The predicted octanol–water partition coefficient (Wildman–Crippen LogP) is 0.369. The van der Waals surface area contributed by atoms with E-state index < -0.39 is 15.6 Å². The van der Waals surface area contributed by atoms with Crippen LogP contribution in [0.4, 0.5) is 0 Å². The molecule has 14 heavy (non-hydrogen) atoms. The van der Waals surface area contributed by atoms with E-state index in [-0.39, 0.29) is 12.6 Å². The molecule has 0 aromatic heterocycles. The third-order valence-electron chi connectivity index (χ3n) is 1.40. The SMILES string of the molecule is CC(C)NS(=O)(=O)NCC(C)(C)C#N. The minimum Gasteiger partial charge on any atom is -0.201 e. The lowest BCUT2D eigenvalue weighted by Crippen LogP contribution is -2.43. The van der Waals surface area contributed by atoms with Gasteiger partial charge in [-0.25, -0.2) is 4.72 Å². The molecule has 0 atom stereocenters. The molecule has 0 bridgehead atoms. The Hall–Kier alpha value is -0.640. The number of nitrogens with zero attached hydrogens (tertiary/aromatic N) is 1. The molecule has 82 valence electrons. The van der Waals surface area contributed by atoms with Crippen LogP contribution >= 0.6 is 0 Å². The molecule has 0 fully saturated rings. The van der Waals surface area contributed by atoms with E-state index in [1.807, 2.05) is 6.07 Å². The maximum atomic E-state index is 11.3. The summed E-state index contributed by atoms with van der Waals surface area (Å²) in [6, 6.07) is 1.86. The Kier molecular flexibility index (Phi) is 4.52. The first kappa shape index (κ1) is 13.4. The van der Waals surface area contributed by atoms with E-state index >= 15 is 0 Å². The Bertz CT molecular complexity index is 314. The molecule has 0 saturated carbocycles. The third kappa shape index (κ3) is 5.91. The molecule has 0 spiro atoms. The molecule has 2 N–H and O–H groups in total. The summed E-state index contributed by atoms with van der Waals surface area (Å²) < 4.78 is 27.2. The molecule has 0 aromatic carbocycles. The lowest BCUT2D eigenvalue weighted by atomic mass is 9.97. The summed E-state index contributed by atoms with van der Waals surface area (Å²) >= 11 is 0. The first-order chi connectivity index (χ1) is 6.18. The fourth-order valence-corrected chi connectivity index (χ4v) is 1.92. The van der Waals surface area contributed by atoms with Crippen LogP contribution < -0.4 is 9.44 Å². The van der Waals surface area contributed by atoms with E-state index in [1.165, 1.54) is 0 Å². The summed E-state index contributed by atoms with van der Waals surface area (Å²) in [5.41, 5.74) is -0.689. The fraction of sp³-hybridized carbons (Fsp3) is 0.875. The monoisotopic (exact) mass is 219 g/mol. The van der Waals surface area contributed by atoms with Gasteiger partial charge in [-0.1, -0.05) is 0 Å².